The van der Waals surface area contributed by atoms with Gasteiger partial charge in [-0.25, -0.2) is 9.67 Å². The highest BCUT2D eigenvalue weighted by molar-refractivity contribution is 6.32. The average molecular weight is 509 g/mol. The summed E-state index contributed by atoms with van der Waals surface area (Å²) in [6, 6.07) is 11.3. The van der Waals surface area contributed by atoms with Gasteiger partial charge in [0.25, 0.3) is 5.91 Å². The highest BCUT2D eigenvalue weighted by atomic mass is 35.5. The van der Waals surface area contributed by atoms with E-state index >= 15 is 0 Å². The van der Waals surface area contributed by atoms with Crippen LogP contribution in [0.25, 0.3) is 5.82 Å². The molecule has 0 saturated carbocycles. The maximum absolute atomic E-state index is 12.3. The molecule has 3 aromatic rings. The Balaban J connectivity index is 1.53. The summed E-state index contributed by atoms with van der Waals surface area (Å²) in [5.41, 5.74) is 1.10. The van der Waals surface area contributed by atoms with Gasteiger partial charge in [0.1, 0.15) is 11.7 Å². The first-order valence-corrected chi connectivity index (χ1v) is 12.0. The van der Waals surface area contributed by atoms with Gasteiger partial charge >= 0.3 is 0 Å². The highest BCUT2D eigenvalue weighted by Gasteiger charge is 2.47. The first-order chi connectivity index (χ1) is 17.1. The lowest BCUT2D eigenvalue weighted by atomic mass is 9.88. The number of benzene rings is 1. The van der Waals surface area contributed by atoms with Crippen LogP contribution in [0.5, 0.6) is 0 Å². The predicted octanol–water partition coefficient (Wildman–Crippen LogP) is 3.43. The van der Waals surface area contributed by atoms with Crippen molar-refractivity contribution >= 4 is 23.2 Å². The summed E-state index contributed by atoms with van der Waals surface area (Å²) in [5.74, 6) is 0.244. The van der Waals surface area contributed by atoms with E-state index in [2.05, 4.69) is 33.3 Å². The molecule has 9 nitrogen and oxygen atoms in total. The van der Waals surface area contributed by atoms with E-state index in [1.807, 2.05) is 24.3 Å². The Hall–Kier alpha value is -3.45. The van der Waals surface area contributed by atoms with Crippen LogP contribution in [0.2, 0.25) is 5.02 Å². The number of methoxy groups -OCH3 is 1. The van der Waals surface area contributed by atoms with Crippen molar-refractivity contribution < 1.29 is 14.6 Å². The van der Waals surface area contributed by atoms with Crippen LogP contribution < -0.4 is 10.2 Å². The standard InChI is InChI=1S/C26H29ClN6O3/c1-17-26(36-4,9-10-32(17)21-7-5-18(12-28)22(27)11-21)20-6-8-23(29-14-20)33-15-19(13-31-33)24(34)30-16-25(2,3)35/h5-8,11,13-15,17,35H,9-10,16H2,1-4H3,(H,30,34)/t17-,26?/m0/s1. The molecule has 1 aliphatic heterocycles. The van der Waals surface area contributed by atoms with Crippen molar-refractivity contribution in [2.45, 2.75) is 44.4 Å². The smallest absolute Gasteiger partial charge is 0.254 e. The quantitative estimate of drug-likeness (QED) is 0.502. The fraction of sp³-hybridized carbons (Fsp3) is 0.385. The number of carbonyl (C=O) groups excluding carboxylic acids is 1. The molecule has 2 atom stereocenters. The zero-order chi connectivity index (χ0) is 26.1. The molecule has 3 heterocycles. The highest BCUT2D eigenvalue weighted by Crippen LogP contribution is 2.43. The number of rotatable bonds is 7. The monoisotopic (exact) mass is 508 g/mol. The van der Waals surface area contributed by atoms with Gasteiger partial charge in [-0.1, -0.05) is 17.7 Å². The van der Waals surface area contributed by atoms with Gasteiger partial charge < -0.3 is 20.1 Å². The Kier molecular flexibility index (Phi) is 7.05. The fourth-order valence-electron chi connectivity index (χ4n) is 4.58. The number of aliphatic hydroxyl groups is 1. The fourth-order valence-corrected chi connectivity index (χ4v) is 4.80. The number of nitrogens with one attached hydrogen (secondary N) is 1. The van der Waals surface area contributed by atoms with Crippen LogP contribution in [0.3, 0.4) is 0 Å². The van der Waals surface area contributed by atoms with Gasteiger partial charge in [0.05, 0.1) is 34.0 Å². The van der Waals surface area contributed by atoms with Crippen molar-refractivity contribution in [3.8, 4) is 11.9 Å². The molecule has 1 amide bonds. The SMILES string of the molecule is COC1(c2ccc(-n3cc(C(=O)NCC(C)(C)O)cn3)nc2)CCN(c2ccc(C#N)c(Cl)c2)[C@H]1C. The minimum absolute atomic E-state index is 0.0186. The minimum Gasteiger partial charge on any atom is -0.389 e. The topological polar surface area (TPSA) is 116 Å². The largest absolute Gasteiger partial charge is 0.389 e. The Morgan fingerprint density at radius 2 is 2.14 bits per heavy atom. The molecule has 2 aromatic heterocycles. The van der Waals surface area contributed by atoms with Crippen molar-refractivity contribution in [2.24, 2.45) is 0 Å². The molecule has 1 saturated heterocycles. The molecule has 1 unspecified atom stereocenters. The lowest BCUT2D eigenvalue weighted by Crippen LogP contribution is -2.42. The molecular formula is C26H29ClN6O3. The zero-order valence-electron chi connectivity index (χ0n) is 20.7. The first kappa shape index (κ1) is 25.6. The van der Waals surface area contributed by atoms with Gasteiger partial charge in [-0.2, -0.15) is 10.4 Å². The van der Waals surface area contributed by atoms with E-state index in [0.29, 0.717) is 22.0 Å². The summed E-state index contributed by atoms with van der Waals surface area (Å²) in [5, 5.41) is 26.4. The molecule has 2 N–H and O–H groups in total. The Morgan fingerprint density at radius 1 is 1.36 bits per heavy atom. The van der Waals surface area contributed by atoms with E-state index in [0.717, 1.165) is 24.2 Å². The third-order valence-corrected chi connectivity index (χ3v) is 6.95. The maximum Gasteiger partial charge on any atom is 0.254 e. The van der Waals surface area contributed by atoms with E-state index in [9.17, 15) is 15.2 Å². The molecule has 0 bridgehead atoms. The number of hydrogen-bond donors (Lipinski definition) is 2. The molecule has 36 heavy (non-hydrogen) atoms. The number of anilines is 1. The summed E-state index contributed by atoms with van der Waals surface area (Å²) in [6.45, 7) is 6.23. The molecule has 1 fully saturated rings. The number of amides is 1. The summed E-state index contributed by atoms with van der Waals surface area (Å²) in [4.78, 5) is 19.1. The lowest BCUT2D eigenvalue weighted by molar-refractivity contribution is -0.0180. The zero-order valence-corrected chi connectivity index (χ0v) is 21.5. The van der Waals surface area contributed by atoms with E-state index < -0.39 is 11.2 Å². The summed E-state index contributed by atoms with van der Waals surface area (Å²) in [6.07, 6.45) is 5.59. The number of carbonyl (C=O) groups is 1. The van der Waals surface area contributed by atoms with Crippen LogP contribution >= 0.6 is 11.6 Å². The number of aromatic nitrogens is 3. The van der Waals surface area contributed by atoms with Crippen molar-refractivity contribution in [1.29, 1.82) is 5.26 Å². The van der Waals surface area contributed by atoms with Crippen molar-refractivity contribution in [3.63, 3.8) is 0 Å². The van der Waals surface area contributed by atoms with Gasteiger partial charge in [0, 0.05) is 50.3 Å². The van der Waals surface area contributed by atoms with E-state index in [1.165, 1.54) is 10.9 Å². The number of ether oxygens (including phenoxy) is 1. The predicted molar refractivity (Wildman–Crippen MR) is 136 cm³/mol. The van der Waals surface area contributed by atoms with Crippen LogP contribution in [0, 0.1) is 11.3 Å². The number of hydrogen-bond acceptors (Lipinski definition) is 7. The molecular weight excluding hydrogens is 480 g/mol. The summed E-state index contributed by atoms with van der Waals surface area (Å²) < 4.78 is 7.63. The molecule has 0 spiro atoms. The molecule has 4 rings (SSSR count). The second-order valence-corrected chi connectivity index (χ2v) is 9.97. The number of pyridine rings is 1. The van der Waals surface area contributed by atoms with E-state index in [-0.39, 0.29) is 18.5 Å². The van der Waals surface area contributed by atoms with Crippen molar-refractivity contribution in [3.05, 3.63) is 70.6 Å². The Labute approximate surface area is 215 Å². The minimum atomic E-state index is -1.00. The molecule has 10 heteroatoms. The van der Waals surface area contributed by atoms with Crippen LogP contribution in [-0.2, 0) is 10.3 Å². The molecule has 0 radical (unpaired) electrons. The molecule has 0 aliphatic carbocycles. The Bertz CT molecular complexity index is 1290. The molecule has 1 aliphatic rings. The second kappa shape index (κ2) is 9.90. The molecule has 188 valence electrons. The summed E-state index contributed by atoms with van der Waals surface area (Å²) >= 11 is 6.28. The summed E-state index contributed by atoms with van der Waals surface area (Å²) in [7, 11) is 1.70. The van der Waals surface area contributed by atoms with Crippen LogP contribution in [-0.4, -0.2) is 57.6 Å². The molecule has 1 aromatic carbocycles. The van der Waals surface area contributed by atoms with Crippen molar-refractivity contribution in [1.82, 2.24) is 20.1 Å². The normalized spacial score (nSPS) is 19.8. The second-order valence-electron chi connectivity index (χ2n) is 9.56. The van der Waals surface area contributed by atoms with E-state index in [1.54, 1.807) is 39.4 Å². The lowest BCUT2D eigenvalue weighted by Gasteiger charge is -2.36. The maximum atomic E-state index is 12.3. The number of halogens is 1. The Morgan fingerprint density at radius 3 is 2.75 bits per heavy atom. The third-order valence-electron chi connectivity index (χ3n) is 6.63. The average Bonchev–Trinajstić information content (AvgIpc) is 3.48. The van der Waals surface area contributed by atoms with E-state index in [4.69, 9.17) is 16.3 Å². The van der Waals surface area contributed by atoms with Crippen LogP contribution in [0.4, 0.5) is 5.69 Å². The van der Waals surface area contributed by atoms with Gasteiger partial charge in [-0.15, -0.1) is 0 Å². The van der Waals surface area contributed by atoms with Gasteiger partial charge in [-0.05, 0) is 45.0 Å². The van der Waals surface area contributed by atoms with Gasteiger partial charge in [0.15, 0.2) is 5.82 Å². The van der Waals surface area contributed by atoms with Crippen LogP contribution in [0.1, 0.15) is 48.7 Å². The van der Waals surface area contributed by atoms with Gasteiger partial charge in [-0.3, -0.25) is 4.79 Å². The van der Waals surface area contributed by atoms with Gasteiger partial charge in [0.2, 0.25) is 0 Å². The first-order valence-electron chi connectivity index (χ1n) is 11.6. The third kappa shape index (κ3) is 4.93. The number of nitriles is 1. The van der Waals surface area contributed by atoms with Crippen LogP contribution in [0.15, 0.2) is 48.9 Å². The van der Waals surface area contributed by atoms with Crippen molar-refractivity contribution in [2.75, 3.05) is 25.1 Å². The number of nitrogens with zero attached hydrogens (tertiary/aromatic N) is 5.